The van der Waals surface area contributed by atoms with Gasteiger partial charge < -0.3 is 14.4 Å². The molecule has 0 spiro atoms. The Bertz CT molecular complexity index is 1000. The van der Waals surface area contributed by atoms with Crippen molar-refractivity contribution in [1.29, 1.82) is 0 Å². The highest BCUT2D eigenvalue weighted by atomic mass is 16.6. The van der Waals surface area contributed by atoms with E-state index in [4.69, 9.17) is 9.47 Å². The van der Waals surface area contributed by atoms with Crippen molar-refractivity contribution in [3.8, 4) is 17.3 Å². The topological polar surface area (TPSA) is 69.5 Å². The van der Waals surface area contributed by atoms with Crippen LogP contribution >= 0.6 is 0 Å². The van der Waals surface area contributed by atoms with Crippen LogP contribution in [-0.2, 0) is 0 Å². The van der Waals surface area contributed by atoms with Crippen LogP contribution in [-0.4, -0.2) is 51.9 Å². The van der Waals surface area contributed by atoms with E-state index in [1.165, 1.54) is 0 Å². The fraction of sp³-hybridized carbons (Fsp3) is 0.318. The van der Waals surface area contributed by atoms with Gasteiger partial charge in [-0.15, -0.1) is 0 Å². The number of para-hydroxylation sites is 2. The summed E-state index contributed by atoms with van der Waals surface area (Å²) in [5, 5.41) is 4.44. The Kier molecular flexibility index (Phi) is 5.20. The first-order valence-electron chi connectivity index (χ1n) is 9.68. The molecule has 0 saturated heterocycles. The molecule has 3 heterocycles. The maximum absolute atomic E-state index is 13.2. The number of hydrogen-bond acceptors (Lipinski definition) is 5. The first kappa shape index (κ1) is 19.0. The first-order chi connectivity index (χ1) is 14.0. The second kappa shape index (κ2) is 7.95. The quantitative estimate of drug-likeness (QED) is 0.666. The highest BCUT2D eigenvalue weighted by Gasteiger charge is 2.27. The highest BCUT2D eigenvalue weighted by Crippen LogP contribution is 2.31. The minimum absolute atomic E-state index is 0.0988. The molecular weight excluding hydrogens is 368 g/mol. The number of aromatic nitrogens is 3. The summed E-state index contributed by atoms with van der Waals surface area (Å²) in [6, 6.07) is 13.2. The molecule has 3 aromatic rings. The number of hydrogen-bond donors (Lipinski definition) is 0. The maximum atomic E-state index is 13.2. The van der Waals surface area contributed by atoms with Crippen molar-refractivity contribution in [3.05, 3.63) is 66.1 Å². The van der Waals surface area contributed by atoms with Crippen molar-refractivity contribution in [2.75, 3.05) is 20.2 Å². The lowest BCUT2D eigenvalue weighted by Gasteiger charge is -2.29. The average molecular weight is 392 g/mol. The molecule has 1 unspecified atom stereocenters. The number of rotatable bonds is 5. The molecule has 1 aliphatic heterocycles. The van der Waals surface area contributed by atoms with Crippen LogP contribution in [0.3, 0.4) is 0 Å². The van der Waals surface area contributed by atoms with Gasteiger partial charge in [-0.3, -0.25) is 4.79 Å². The van der Waals surface area contributed by atoms with E-state index in [1.54, 1.807) is 29.0 Å². The van der Waals surface area contributed by atoms with Gasteiger partial charge in [0.1, 0.15) is 6.61 Å². The Morgan fingerprint density at radius 1 is 1.21 bits per heavy atom. The molecule has 1 atom stereocenters. The van der Waals surface area contributed by atoms with Gasteiger partial charge in [0.15, 0.2) is 23.4 Å². The largest absolute Gasteiger partial charge is 0.486 e. The van der Waals surface area contributed by atoms with Crippen molar-refractivity contribution in [2.45, 2.75) is 25.9 Å². The van der Waals surface area contributed by atoms with Crippen LogP contribution in [0.15, 0.2) is 54.9 Å². The summed E-state index contributed by atoms with van der Waals surface area (Å²) in [5.41, 5.74) is 1.41. The molecule has 1 aliphatic rings. The molecule has 1 amide bonds. The Morgan fingerprint density at radius 3 is 2.69 bits per heavy atom. The van der Waals surface area contributed by atoms with Gasteiger partial charge in [-0.2, -0.15) is 5.10 Å². The molecule has 0 fully saturated rings. The second-order valence-corrected chi connectivity index (χ2v) is 7.38. The fourth-order valence-corrected chi connectivity index (χ4v) is 3.49. The number of amides is 1. The zero-order valence-corrected chi connectivity index (χ0v) is 16.8. The molecule has 0 saturated carbocycles. The second-order valence-electron chi connectivity index (χ2n) is 7.38. The number of fused-ring (bicyclic) bond motifs is 1. The summed E-state index contributed by atoms with van der Waals surface area (Å²) in [6.45, 7) is 4.91. The van der Waals surface area contributed by atoms with Gasteiger partial charge in [0, 0.05) is 13.2 Å². The van der Waals surface area contributed by atoms with Crippen LogP contribution in [0.5, 0.6) is 11.5 Å². The van der Waals surface area contributed by atoms with Gasteiger partial charge in [-0.05, 0) is 30.2 Å². The smallest absolute Gasteiger partial charge is 0.257 e. The predicted octanol–water partition coefficient (Wildman–Crippen LogP) is 3.30. The summed E-state index contributed by atoms with van der Waals surface area (Å²) >= 11 is 0. The van der Waals surface area contributed by atoms with Gasteiger partial charge in [0.2, 0.25) is 0 Å². The third kappa shape index (κ3) is 3.81. The molecule has 4 rings (SSSR count). The number of carbonyl (C=O) groups is 1. The number of likely N-dealkylation sites (N-methyl/N-ethyl adjacent to an activating group) is 1. The number of carbonyl (C=O) groups excluding carboxylic acids is 1. The van der Waals surface area contributed by atoms with Crippen LogP contribution in [0.1, 0.15) is 35.8 Å². The molecule has 7 nitrogen and oxygen atoms in total. The minimum Gasteiger partial charge on any atom is -0.486 e. The van der Waals surface area contributed by atoms with Crippen molar-refractivity contribution >= 4 is 5.91 Å². The summed E-state index contributed by atoms with van der Waals surface area (Å²) in [6.07, 6.45) is 3.11. The summed E-state index contributed by atoms with van der Waals surface area (Å²) in [7, 11) is 1.77. The third-order valence-electron chi connectivity index (χ3n) is 4.84. The van der Waals surface area contributed by atoms with Crippen LogP contribution in [0.25, 0.3) is 5.82 Å². The maximum Gasteiger partial charge on any atom is 0.257 e. The number of nitrogens with zero attached hydrogens (tertiary/aromatic N) is 4. The summed E-state index contributed by atoms with van der Waals surface area (Å²) < 4.78 is 13.5. The Morgan fingerprint density at radius 2 is 1.97 bits per heavy atom. The van der Waals surface area contributed by atoms with Crippen LogP contribution in [0, 0.1) is 0 Å². The van der Waals surface area contributed by atoms with Crippen LogP contribution in [0.2, 0.25) is 0 Å². The fourth-order valence-electron chi connectivity index (χ4n) is 3.49. The Hall–Kier alpha value is -3.35. The van der Waals surface area contributed by atoms with E-state index < -0.39 is 0 Å². The van der Waals surface area contributed by atoms with E-state index in [0.717, 1.165) is 11.4 Å². The van der Waals surface area contributed by atoms with E-state index in [-0.39, 0.29) is 17.9 Å². The normalized spacial score (nSPS) is 15.4. The molecule has 0 aliphatic carbocycles. The van der Waals surface area contributed by atoms with Crippen molar-refractivity contribution < 1.29 is 14.3 Å². The van der Waals surface area contributed by atoms with Gasteiger partial charge in [0.25, 0.3) is 5.91 Å². The molecule has 2 aromatic heterocycles. The molecule has 0 bridgehead atoms. The molecule has 7 heteroatoms. The lowest BCUT2D eigenvalue weighted by molar-refractivity contribution is 0.0520. The standard InChI is InChI=1S/C22H24N4O3/c1-15(2)21-17(12-24-26(21)20-10-6-7-11-23-20)22(27)25(3)13-16-14-28-18-8-4-5-9-19(18)29-16/h4-12,15-16H,13-14H2,1-3H3. The van der Waals surface area contributed by atoms with E-state index in [9.17, 15) is 4.79 Å². The zero-order chi connectivity index (χ0) is 20.4. The number of pyridine rings is 1. The number of benzene rings is 1. The van der Waals surface area contributed by atoms with Gasteiger partial charge >= 0.3 is 0 Å². The SMILES string of the molecule is CC(C)c1c(C(=O)N(C)CC2COc3ccccc3O2)cnn1-c1ccccn1. The van der Waals surface area contributed by atoms with E-state index >= 15 is 0 Å². The molecule has 0 radical (unpaired) electrons. The van der Waals surface area contributed by atoms with Gasteiger partial charge in [-0.25, -0.2) is 9.67 Å². The highest BCUT2D eigenvalue weighted by molar-refractivity contribution is 5.95. The van der Waals surface area contributed by atoms with E-state index in [2.05, 4.69) is 10.1 Å². The van der Waals surface area contributed by atoms with Crippen molar-refractivity contribution in [2.24, 2.45) is 0 Å². The molecular formula is C22H24N4O3. The first-order valence-corrected chi connectivity index (χ1v) is 9.68. The summed E-state index contributed by atoms with van der Waals surface area (Å²) in [4.78, 5) is 19.2. The minimum atomic E-state index is -0.229. The molecule has 150 valence electrons. The van der Waals surface area contributed by atoms with Gasteiger partial charge in [0.05, 0.1) is 24.0 Å². The van der Waals surface area contributed by atoms with E-state index in [1.807, 2.05) is 56.3 Å². The van der Waals surface area contributed by atoms with E-state index in [0.29, 0.717) is 30.3 Å². The molecule has 29 heavy (non-hydrogen) atoms. The monoisotopic (exact) mass is 392 g/mol. The number of ether oxygens (including phenoxy) is 2. The lowest BCUT2D eigenvalue weighted by Crippen LogP contribution is -2.42. The van der Waals surface area contributed by atoms with Crippen LogP contribution < -0.4 is 9.47 Å². The predicted molar refractivity (Wildman–Crippen MR) is 109 cm³/mol. The lowest BCUT2D eigenvalue weighted by atomic mass is 10.0. The van der Waals surface area contributed by atoms with Crippen molar-refractivity contribution in [1.82, 2.24) is 19.7 Å². The zero-order valence-electron chi connectivity index (χ0n) is 16.8. The summed E-state index contributed by atoms with van der Waals surface area (Å²) in [5.74, 6) is 2.14. The third-order valence-corrected chi connectivity index (χ3v) is 4.84. The Balaban J connectivity index is 1.53. The molecule has 0 N–H and O–H groups in total. The molecule has 1 aromatic carbocycles. The average Bonchev–Trinajstić information content (AvgIpc) is 3.19. The Labute approximate surface area is 169 Å². The van der Waals surface area contributed by atoms with Crippen molar-refractivity contribution in [3.63, 3.8) is 0 Å². The van der Waals surface area contributed by atoms with Gasteiger partial charge in [-0.1, -0.05) is 32.0 Å². The van der Waals surface area contributed by atoms with Crippen LogP contribution in [0.4, 0.5) is 0 Å².